The summed E-state index contributed by atoms with van der Waals surface area (Å²) >= 11 is 0. The van der Waals surface area contributed by atoms with Crippen molar-refractivity contribution in [2.45, 2.75) is 44.6 Å². The molecule has 2 aliphatic rings. The summed E-state index contributed by atoms with van der Waals surface area (Å²) in [4.78, 5) is 28.3. The number of ketones is 1. The van der Waals surface area contributed by atoms with Crippen molar-refractivity contribution in [1.82, 2.24) is 4.90 Å². The van der Waals surface area contributed by atoms with Gasteiger partial charge in [-0.1, -0.05) is 29.9 Å². The van der Waals surface area contributed by atoms with Crippen molar-refractivity contribution in [1.29, 1.82) is 0 Å². The summed E-state index contributed by atoms with van der Waals surface area (Å²) in [5.74, 6) is 0.403. The predicted octanol–water partition coefficient (Wildman–Crippen LogP) is 3.93. The van der Waals surface area contributed by atoms with Crippen LogP contribution in [0.4, 0.5) is 5.69 Å². The molecule has 168 valence electrons. The molecular formula is C26H36N2O3. The molecule has 1 amide bonds. The SMILES string of the molecule is CN(C)C(=O)CCCCC1=C[C@H]2C[C@@H](O)[C@H](C(=O)C=Cc3ccc(N(C)C)cc3)[C@H]2C1. The largest absolute Gasteiger partial charge is 0.392 e. The van der Waals surface area contributed by atoms with Crippen molar-refractivity contribution in [3.8, 4) is 0 Å². The zero-order valence-corrected chi connectivity index (χ0v) is 19.3. The highest BCUT2D eigenvalue weighted by Gasteiger charge is 2.47. The van der Waals surface area contributed by atoms with E-state index in [-0.39, 0.29) is 23.5 Å². The maximum Gasteiger partial charge on any atom is 0.222 e. The first kappa shape index (κ1) is 23.3. The number of amides is 1. The number of unbranched alkanes of at least 4 members (excludes halogenated alkanes) is 1. The molecule has 3 rings (SSSR count). The number of hydrogen-bond donors (Lipinski definition) is 1. The van der Waals surface area contributed by atoms with E-state index >= 15 is 0 Å². The Bertz CT molecular complexity index is 839. The molecule has 0 spiro atoms. The average molecular weight is 425 g/mol. The van der Waals surface area contributed by atoms with Gasteiger partial charge < -0.3 is 14.9 Å². The molecule has 0 aromatic heterocycles. The van der Waals surface area contributed by atoms with Crippen LogP contribution >= 0.6 is 0 Å². The molecule has 0 unspecified atom stereocenters. The molecule has 0 saturated heterocycles. The third-order valence-corrected chi connectivity index (χ3v) is 6.70. The second kappa shape index (κ2) is 10.3. The number of hydrogen-bond acceptors (Lipinski definition) is 4. The second-order valence-corrected chi connectivity index (χ2v) is 9.40. The summed E-state index contributed by atoms with van der Waals surface area (Å²) in [5, 5.41) is 10.5. The van der Waals surface area contributed by atoms with Crippen LogP contribution in [0, 0.1) is 17.8 Å². The van der Waals surface area contributed by atoms with Gasteiger partial charge in [0.15, 0.2) is 5.78 Å². The van der Waals surface area contributed by atoms with E-state index in [0.717, 1.165) is 36.9 Å². The number of carbonyl (C=O) groups excluding carboxylic acids is 2. The van der Waals surface area contributed by atoms with E-state index in [1.165, 1.54) is 5.57 Å². The zero-order valence-electron chi connectivity index (χ0n) is 19.3. The maximum atomic E-state index is 12.9. The molecule has 1 N–H and O–H groups in total. The van der Waals surface area contributed by atoms with Crippen LogP contribution in [0.3, 0.4) is 0 Å². The molecule has 1 aromatic rings. The molecule has 1 fully saturated rings. The minimum atomic E-state index is -0.557. The molecule has 1 saturated carbocycles. The smallest absolute Gasteiger partial charge is 0.222 e. The van der Waals surface area contributed by atoms with Crippen molar-refractivity contribution in [3.05, 3.63) is 47.6 Å². The summed E-state index contributed by atoms with van der Waals surface area (Å²) in [6, 6.07) is 8.07. The van der Waals surface area contributed by atoms with Crippen LogP contribution in [-0.4, -0.2) is 56.0 Å². The zero-order chi connectivity index (χ0) is 22.5. The number of aliphatic hydroxyl groups is 1. The molecular weight excluding hydrogens is 388 g/mol. The van der Waals surface area contributed by atoms with Crippen LogP contribution in [0.1, 0.15) is 44.1 Å². The lowest BCUT2D eigenvalue weighted by atomic mass is 9.86. The van der Waals surface area contributed by atoms with Crippen molar-refractivity contribution < 1.29 is 14.7 Å². The third kappa shape index (κ3) is 5.85. The highest BCUT2D eigenvalue weighted by molar-refractivity contribution is 5.96. The van der Waals surface area contributed by atoms with Gasteiger partial charge in [-0.2, -0.15) is 0 Å². The van der Waals surface area contributed by atoms with Gasteiger partial charge in [-0.15, -0.1) is 0 Å². The lowest BCUT2D eigenvalue weighted by Gasteiger charge is -2.19. The third-order valence-electron chi connectivity index (χ3n) is 6.70. The lowest BCUT2D eigenvalue weighted by Crippen LogP contribution is -2.27. The molecule has 5 nitrogen and oxygen atoms in total. The summed E-state index contributed by atoms with van der Waals surface area (Å²) in [7, 11) is 7.58. The Labute approximate surface area is 186 Å². The highest BCUT2D eigenvalue weighted by Crippen LogP contribution is 2.48. The van der Waals surface area contributed by atoms with E-state index in [0.29, 0.717) is 18.8 Å². The van der Waals surface area contributed by atoms with Crippen molar-refractivity contribution in [2.24, 2.45) is 17.8 Å². The van der Waals surface area contributed by atoms with Gasteiger partial charge in [0, 0.05) is 40.3 Å². The first-order chi connectivity index (χ1) is 14.8. The van der Waals surface area contributed by atoms with Crippen LogP contribution < -0.4 is 4.90 Å². The van der Waals surface area contributed by atoms with E-state index in [1.54, 1.807) is 25.1 Å². The lowest BCUT2D eigenvalue weighted by molar-refractivity contribution is -0.128. The number of fused-ring (bicyclic) bond motifs is 1. The van der Waals surface area contributed by atoms with Crippen LogP contribution in [0.5, 0.6) is 0 Å². The Hall–Kier alpha value is -2.40. The molecule has 2 aliphatic carbocycles. The van der Waals surface area contributed by atoms with Crippen molar-refractivity contribution in [2.75, 3.05) is 33.1 Å². The topological polar surface area (TPSA) is 60.9 Å². The van der Waals surface area contributed by atoms with Gasteiger partial charge in [-0.25, -0.2) is 0 Å². The summed E-state index contributed by atoms with van der Waals surface area (Å²) in [5.41, 5.74) is 3.49. The number of aliphatic hydroxyl groups excluding tert-OH is 1. The summed E-state index contributed by atoms with van der Waals surface area (Å²) in [6.07, 6.45) is 10.3. The van der Waals surface area contributed by atoms with Gasteiger partial charge in [0.05, 0.1) is 12.0 Å². The second-order valence-electron chi connectivity index (χ2n) is 9.40. The Morgan fingerprint density at radius 3 is 2.45 bits per heavy atom. The van der Waals surface area contributed by atoms with Gasteiger partial charge in [0.25, 0.3) is 0 Å². The van der Waals surface area contributed by atoms with Crippen LogP contribution in [-0.2, 0) is 9.59 Å². The molecule has 5 heteroatoms. The molecule has 0 radical (unpaired) electrons. The van der Waals surface area contributed by atoms with E-state index in [9.17, 15) is 14.7 Å². The van der Waals surface area contributed by atoms with Crippen LogP contribution in [0.25, 0.3) is 6.08 Å². The number of benzene rings is 1. The number of allylic oxidation sites excluding steroid dienone is 3. The quantitative estimate of drug-likeness (QED) is 0.371. The summed E-state index contributed by atoms with van der Waals surface area (Å²) < 4.78 is 0. The minimum absolute atomic E-state index is 0.0305. The number of carbonyl (C=O) groups is 2. The van der Waals surface area contributed by atoms with Gasteiger partial charge >= 0.3 is 0 Å². The number of anilines is 1. The van der Waals surface area contributed by atoms with E-state index in [2.05, 4.69) is 6.08 Å². The van der Waals surface area contributed by atoms with Gasteiger partial charge in [0.2, 0.25) is 5.91 Å². The normalized spacial score (nSPS) is 24.9. The van der Waals surface area contributed by atoms with E-state index in [4.69, 9.17) is 0 Å². The van der Waals surface area contributed by atoms with Crippen molar-refractivity contribution in [3.63, 3.8) is 0 Å². The van der Waals surface area contributed by atoms with E-state index in [1.807, 2.05) is 49.3 Å². The van der Waals surface area contributed by atoms with Crippen LogP contribution in [0.2, 0.25) is 0 Å². The molecule has 0 heterocycles. The number of nitrogens with zero attached hydrogens (tertiary/aromatic N) is 2. The highest BCUT2D eigenvalue weighted by atomic mass is 16.3. The van der Waals surface area contributed by atoms with Gasteiger partial charge in [-0.05, 0) is 67.7 Å². The standard InChI is InChI=1S/C26H36N2O3/c1-27(2)21-12-9-18(10-13-21)11-14-23(29)26-22-16-19(15-20(22)17-24(26)30)7-5-6-8-25(31)28(3)4/h9-15,20,22,24,26,30H,5-8,16-17H2,1-4H3/t20-,22-,24+,26-/m0/s1. The fourth-order valence-corrected chi connectivity index (χ4v) is 4.91. The Morgan fingerprint density at radius 2 is 1.81 bits per heavy atom. The van der Waals surface area contributed by atoms with Crippen LogP contribution in [0.15, 0.2) is 42.0 Å². The Kier molecular flexibility index (Phi) is 7.71. The van der Waals surface area contributed by atoms with Gasteiger partial charge in [0.1, 0.15) is 0 Å². The monoisotopic (exact) mass is 424 g/mol. The predicted molar refractivity (Wildman–Crippen MR) is 126 cm³/mol. The average Bonchev–Trinajstić information content (AvgIpc) is 3.25. The Morgan fingerprint density at radius 1 is 1.10 bits per heavy atom. The van der Waals surface area contributed by atoms with E-state index < -0.39 is 6.10 Å². The number of rotatable bonds is 9. The fourth-order valence-electron chi connectivity index (χ4n) is 4.91. The minimum Gasteiger partial charge on any atom is -0.392 e. The molecule has 4 atom stereocenters. The fraction of sp³-hybridized carbons (Fsp3) is 0.538. The van der Waals surface area contributed by atoms with Gasteiger partial charge in [-0.3, -0.25) is 9.59 Å². The molecule has 1 aromatic carbocycles. The molecule has 0 aliphatic heterocycles. The summed E-state index contributed by atoms with van der Waals surface area (Å²) in [6.45, 7) is 0. The molecule has 31 heavy (non-hydrogen) atoms. The molecule has 0 bridgehead atoms. The maximum absolute atomic E-state index is 12.9. The van der Waals surface area contributed by atoms with Crippen molar-refractivity contribution >= 4 is 23.5 Å². The Balaban J connectivity index is 1.52. The first-order valence-corrected chi connectivity index (χ1v) is 11.3. The first-order valence-electron chi connectivity index (χ1n) is 11.3.